The molecule has 1 unspecified atom stereocenters. The van der Waals surface area contributed by atoms with Crippen LogP contribution in [-0.2, 0) is 16.0 Å². The van der Waals surface area contributed by atoms with Crippen LogP contribution in [0.4, 0.5) is 5.69 Å². The molecule has 0 spiro atoms. The third kappa shape index (κ3) is 3.71. The lowest BCUT2D eigenvalue weighted by molar-refractivity contribution is -0.130. The van der Waals surface area contributed by atoms with Gasteiger partial charge in [-0.2, -0.15) is 0 Å². The Bertz CT molecular complexity index is 669. The van der Waals surface area contributed by atoms with E-state index in [-0.39, 0.29) is 17.7 Å². The molecule has 26 heavy (non-hydrogen) atoms. The van der Waals surface area contributed by atoms with Gasteiger partial charge in [0.25, 0.3) is 0 Å². The molecule has 0 bridgehead atoms. The Morgan fingerprint density at radius 2 is 1.88 bits per heavy atom. The lowest BCUT2D eigenvalue weighted by Gasteiger charge is -2.22. The van der Waals surface area contributed by atoms with Crippen LogP contribution < -0.4 is 10.2 Å². The molecule has 2 heterocycles. The summed E-state index contributed by atoms with van der Waals surface area (Å²) in [6.45, 7) is 3.08. The van der Waals surface area contributed by atoms with Crippen molar-refractivity contribution in [2.45, 2.75) is 51.0 Å². The minimum absolute atomic E-state index is 0.0212. The Morgan fingerprint density at radius 1 is 1.08 bits per heavy atom. The monoisotopic (exact) mass is 355 g/mol. The van der Waals surface area contributed by atoms with Gasteiger partial charge in [0.2, 0.25) is 11.8 Å². The van der Waals surface area contributed by atoms with Crippen molar-refractivity contribution in [2.75, 3.05) is 31.1 Å². The zero-order valence-electron chi connectivity index (χ0n) is 15.5. The third-order valence-electron chi connectivity index (χ3n) is 6.19. The first-order valence-corrected chi connectivity index (χ1v) is 10.1. The van der Waals surface area contributed by atoms with Gasteiger partial charge in [-0.3, -0.25) is 9.59 Å². The van der Waals surface area contributed by atoms with Crippen molar-refractivity contribution >= 4 is 17.5 Å². The number of nitrogens with one attached hydrogen (secondary N) is 1. The highest BCUT2D eigenvalue weighted by molar-refractivity contribution is 5.82. The van der Waals surface area contributed by atoms with Gasteiger partial charge < -0.3 is 15.1 Å². The minimum Gasteiger partial charge on any atom is -0.370 e. The molecule has 1 saturated carbocycles. The number of hydrogen-bond acceptors (Lipinski definition) is 3. The number of carbonyl (C=O) groups is 2. The Kier molecular flexibility index (Phi) is 5.14. The lowest BCUT2D eigenvalue weighted by Crippen LogP contribution is -2.39. The molecule has 5 heteroatoms. The van der Waals surface area contributed by atoms with Crippen LogP contribution in [0.25, 0.3) is 0 Å². The summed E-state index contributed by atoms with van der Waals surface area (Å²) < 4.78 is 0. The van der Waals surface area contributed by atoms with E-state index in [1.807, 2.05) is 4.90 Å². The van der Waals surface area contributed by atoms with E-state index in [9.17, 15) is 9.59 Å². The molecule has 1 saturated heterocycles. The fraction of sp³-hybridized carbons (Fsp3) is 0.619. The van der Waals surface area contributed by atoms with Gasteiger partial charge in [-0.15, -0.1) is 0 Å². The van der Waals surface area contributed by atoms with Gasteiger partial charge in [-0.1, -0.05) is 31.0 Å². The van der Waals surface area contributed by atoms with Gasteiger partial charge in [-0.25, -0.2) is 0 Å². The number of hydrogen-bond donors (Lipinski definition) is 1. The fourth-order valence-corrected chi connectivity index (χ4v) is 4.62. The summed E-state index contributed by atoms with van der Waals surface area (Å²) in [6.07, 6.45) is 7.07. The number of likely N-dealkylation sites (tertiary alicyclic amines) is 1. The number of fused-ring (bicyclic) bond motifs is 1. The summed E-state index contributed by atoms with van der Waals surface area (Å²) >= 11 is 0. The van der Waals surface area contributed by atoms with E-state index >= 15 is 0 Å². The SMILES string of the molecule is O=C(NC1CCCC1)C1CCN(C(=O)CCN2CCc3ccccc32)C1. The quantitative estimate of drug-likeness (QED) is 0.882. The molecule has 0 radical (unpaired) electrons. The molecule has 4 rings (SSSR count). The van der Waals surface area contributed by atoms with Gasteiger partial charge in [0.1, 0.15) is 0 Å². The summed E-state index contributed by atoms with van der Waals surface area (Å²) in [5, 5.41) is 3.18. The van der Waals surface area contributed by atoms with Crippen molar-refractivity contribution < 1.29 is 9.59 Å². The standard InChI is InChI=1S/C21H29N3O2/c25-20(11-14-23-12-9-16-5-1-4-8-19(16)23)24-13-10-17(15-24)21(26)22-18-6-2-3-7-18/h1,4-5,8,17-18H,2-3,6-7,9-15H2,(H,22,26). The average molecular weight is 355 g/mol. The van der Waals surface area contributed by atoms with Crippen LogP contribution in [0, 0.1) is 5.92 Å². The first-order valence-electron chi connectivity index (χ1n) is 10.1. The number of anilines is 1. The fourth-order valence-electron chi connectivity index (χ4n) is 4.62. The normalized spacial score (nSPS) is 22.7. The maximum Gasteiger partial charge on any atom is 0.225 e. The van der Waals surface area contributed by atoms with Crippen molar-refractivity contribution in [2.24, 2.45) is 5.92 Å². The molecule has 1 aromatic rings. The van der Waals surface area contributed by atoms with E-state index in [0.717, 1.165) is 45.3 Å². The van der Waals surface area contributed by atoms with Crippen LogP contribution in [-0.4, -0.2) is 48.9 Å². The summed E-state index contributed by atoms with van der Waals surface area (Å²) in [5.74, 6) is 0.318. The number of nitrogens with zero attached hydrogens (tertiary/aromatic N) is 2. The molecule has 0 aromatic heterocycles. The highest BCUT2D eigenvalue weighted by Gasteiger charge is 2.32. The zero-order chi connectivity index (χ0) is 17.9. The first-order chi connectivity index (χ1) is 12.7. The van der Waals surface area contributed by atoms with Gasteiger partial charge in [0, 0.05) is 44.3 Å². The number of benzene rings is 1. The Hall–Kier alpha value is -2.04. The van der Waals surface area contributed by atoms with Crippen LogP contribution in [0.15, 0.2) is 24.3 Å². The summed E-state index contributed by atoms with van der Waals surface area (Å²) in [5.41, 5.74) is 2.65. The first kappa shape index (κ1) is 17.4. The maximum atomic E-state index is 12.6. The minimum atomic E-state index is -0.0212. The predicted molar refractivity (Wildman–Crippen MR) is 102 cm³/mol. The second-order valence-corrected chi connectivity index (χ2v) is 7.93. The molecule has 5 nitrogen and oxygen atoms in total. The molecular formula is C21H29N3O2. The molecule has 2 aliphatic heterocycles. The van der Waals surface area contributed by atoms with E-state index in [4.69, 9.17) is 0 Å². The average Bonchev–Trinajstić information content (AvgIpc) is 3.40. The summed E-state index contributed by atoms with van der Waals surface area (Å²) in [4.78, 5) is 29.2. The van der Waals surface area contributed by atoms with Crippen LogP contribution in [0.5, 0.6) is 0 Å². The largest absolute Gasteiger partial charge is 0.370 e. The summed E-state index contributed by atoms with van der Waals surface area (Å²) in [6, 6.07) is 8.82. The summed E-state index contributed by atoms with van der Waals surface area (Å²) in [7, 11) is 0. The number of carbonyl (C=O) groups excluding carboxylic acids is 2. The van der Waals surface area contributed by atoms with E-state index in [2.05, 4.69) is 34.5 Å². The molecule has 2 amide bonds. The van der Waals surface area contributed by atoms with Crippen molar-refractivity contribution in [1.29, 1.82) is 0 Å². The Morgan fingerprint density at radius 3 is 2.73 bits per heavy atom. The maximum absolute atomic E-state index is 12.6. The molecule has 1 N–H and O–H groups in total. The number of para-hydroxylation sites is 1. The van der Waals surface area contributed by atoms with Gasteiger partial charge in [0.05, 0.1) is 5.92 Å². The van der Waals surface area contributed by atoms with Crippen LogP contribution in [0.1, 0.15) is 44.1 Å². The van der Waals surface area contributed by atoms with E-state index in [0.29, 0.717) is 19.0 Å². The zero-order valence-corrected chi connectivity index (χ0v) is 15.5. The van der Waals surface area contributed by atoms with Crippen LogP contribution in [0.3, 0.4) is 0 Å². The Labute approximate surface area is 155 Å². The molecular weight excluding hydrogens is 326 g/mol. The molecule has 1 atom stereocenters. The highest BCUT2D eigenvalue weighted by Crippen LogP contribution is 2.27. The predicted octanol–water partition coefficient (Wildman–Crippen LogP) is 2.35. The smallest absolute Gasteiger partial charge is 0.225 e. The highest BCUT2D eigenvalue weighted by atomic mass is 16.2. The lowest BCUT2D eigenvalue weighted by atomic mass is 10.1. The number of amides is 2. The van der Waals surface area contributed by atoms with Gasteiger partial charge in [0.15, 0.2) is 0 Å². The van der Waals surface area contributed by atoms with Gasteiger partial charge >= 0.3 is 0 Å². The molecule has 140 valence electrons. The van der Waals surface area contributed by atoms with Crippen molar-refractivity contribution in [3.05, 3.63) is 29.8 Å². The van der Waals surface area contributed by atoms with E-state index in [1.165, 1.54) is 24.1 Å². The van der Waals surface area contributed by atoms with Crippen molar-refractivity contribution in [1.82, 2.24) is 10.2 Å². The topological polar surface area (TPSA) is 52.7 Å². The Balaban J connectivity index is 1.24. The van der Waals surface area contributed by atoms with Gasteiger partial charge in [-0.05, 0) is 37.3 Å². The van der Waals surface area contributed by atoms with Crippen molar-refractivity contribution in [3.63, 3.8) is 0 Å². The van der Waals surface area contributed by atoms with Crippen molar-refractivity contribution in [3.8, 4) is 0 Å². The van der Waals surface area contributed by atoms with Crippen LogP contribution in [0.2, 0.25) is 0 Å². The second-order valence-electron chi connectivity index (χ2n) is 7.93. The third-order valence-corrected chi connectivity index (χ3v) is 6.19. The molecule has 1 aliphatic carbocycles. The molecule has 3 aliphatic rings. The number of rotatable bonds is 5. The second kappa shape index (κ2) is 7.68. The van der Waals surface area contributed by atoms with E-state index < -0.39 is 0 Å². The molecule has 1 aromatic carbocycles. The molecule has 2 fully saturated rings. The van der Waals surface area contributed by atoms with E-state index in [1.54, 1.807) is 0 Å². The van der Waals surface area contributed by atoms with Crippen LogP contribution >= 0.6 is 0 Å².